The highest BCUT2D eigenvalue weighted by atomic mass is 35.5. The molecule has 0 aliphatic heterocycles. The van der Waals surface area contributed by atoms with Gasteiger partial charge in [-0.2, -0.15) is 5.10 Å². The molecule has 0 aliphatic rings. The monoisotopic (exact) mass is 348 g/mol. The Hall–Kier alpha value is -1.44. The molecule has 114 valence electrons. The number of nitrogens with two attached hydrogens (primary N) is 1. The fourth-order valence-electron chi connectivity index (χ4n) is 1.94. The highest BCUT2D eigenvalue weighted by Gasteiger charge is 2.25. The van der Waals surface area contributed by atoms with Gasteiger partial charge in [-0.1, -0.05) is 23.2 Å². The molecule has 2 rings (SSSR count). The molecule has 1 aromatic heterocycles. The Morgan fingerprint density at radius 2 is 1.76 bits per heavy atom. The minimum Gasteiger partial charge on any atom is -0.399 e. The Labute approximate surface area is 132 Å². The van der Waals surface area contributed by atoms with E-state index in [1.807, 2.05) is 0 Å². The van der Waals surface area contributed by atoms with Crippen LogP contribution in [0, 0.1) is 13.8 Å². The third-order valence-corrected chi connectivity index (χ3v) is 5.31. The quantitative estimate of drug-likeness (QED) is 0.834. The molecule has 2 aromatic rings. The molecule has 0 amide bonds. The van der Waals surface area contributed by atoms with Gasteiger partial charge in [-0.05, 0) is 26.0 Å². The maximum absolute atomic E-state index is 12.5. The van der Waals surface area contributed by atoms with Gasteiger partial charge in [-0.25, -0.2) is 8.42 Å². The summed E-state index contributed by atoms with van der Waals surface area (Å²) < 4.78 is 29.1. The number of sulfonamides is 1. The second kappa shape index (κ2) is 5.40. The molecule has 0 unspecified atom stereocenters. The van der Waals surface area contributed by atoms with Gasteiger partial charge >= 0.3 is 0 Å². The molecular weight excluding hydrogens is 335 g/mol. The molecule has 0 saturated carbocycles. The first-order chi connectivity index (χ1) is 9.63. The van der Waals surface area contributed by atoms with Crippen molar-refractivity contribution in [3.8, 4) is 0 Å². The topological polar surface area (TPSA) is 90.0 Å². The SMILES string of the molecule is Cc1nn(C)c(C)c1NS(=O)(=O)c1c(Cl)cc(N)cc1Cl. The van der Waals surface area contributed by atoms with E-state index in [-0.39, 0.29) is 20.6 Å². The molecule has 0 spiro atoms. The summed E-state index contributed by atoms with van der Waals surface area (Å²) >= 11 is 11.9. The van der Waals surface area contributed by atoms with E-state index in [4.69, 9.17) is 28.9 Å². The van der Waals surface area contributed by atoms with Crippen molar-refractivity contribution >= 4 is 44.6 Å². The van der Waals surface area contributed by atoms with Crippen molar-refractivity contribution in [3.05, 3.63) is 33.6 Å². The summed E-state index contributed by atoms with van der Waals surface area (Å²) in [5.74, 6) is 0. The third-order valence-electron chi connectivity index (χ3n) is 3.03. The van der Waals surface area contributed by atoms with Crippen molar-refractivity contribution in [1.82, 2.24) is 9.78 Å². The molecule has 0 aliphatic carbocycles. The van der Waals surface area contributed by atoms with Crippen molar-refractivity contribution in [3.63, 3.8) is 0 Å². The first kappa shape index (κ1) is 15.9. The number of benzene rings is 1. The Balaban J connectivity index is 2.54. The van der Waals surface area contributed by atoms with Crippen LogP contribution in [-0.4, -0.2) is 18.2 Å². The van der Waals surface area contributed by atoms with Crippen molar-refractivity contribution in [2.75, 3.05) is 10.5 Å². The van der Waals surface area contributed by atoms with E-state index in [9.17, 15) is 8.42 Å². The van der Waals surface area contributed by atoms with Crippen molar-refractivity contribution in [1.29, 1.82) is 0 Å². The Bertz CT molecular complexity index is 792. The smallest absolute Gasteiger partial charge is 0.264 e. The average Bonchev–Trinajstić information content (AvgIpc) is 2.53. The van der Waals surface area contributed by atoms with Crippen LogP contribution in [0.4, 0.5) is 11.4 Å². The van der Waals surface area contributed by atoms with E-state index in [1.54, 1.807) is 25.6 Å². The number of anilines is 2. The zero-order chi connectivity index (χ0) is 15.9. The van der Waals surface area contributed by atoms with Crippen LogP contribution in [0.1, 0.15) is 11.4 Å². The number of aromatic nitrogens is 2. The molecule has 0 radical (unpaired) electrons. The van der Waals surface area contributed by atoms with E-state index in [0.29, 0.717) is 17.1 Å². The molecule has 0 atom stereocenters. The highest BCUT2D eigenvalue weighted by molar-refractivity contribution is 7.93. The van der Waals surface area contributed by atoms with Crippen LogP contribution >= 0.6 is 23.2 Å². The normalized spacial score (nSPS) is 11.7. The summed E-state index contributed by atoms with van der Waals surface area (Å²) in [4.78, 5) is -0.206. The minimum absolute atomic E-state index is 0.0355. The maximum Gasteiger partial charge on any atom is 0.264 e. The Kier molecular flexibility index (Phi) is 4.10. The lowest BCUT2D eigenvalue weighted by molar-refractivity contribution is 0.601. The van der Waals surface area contributed by atoms with Crippen LogP contribution in [0.15, 0.2) is 17.0 Å². The van der Waals surface area contributed by atoms with Gasteiger partial charge in [0, 0.05) is 12.7 Å². The van der Waals surface area contributed by atoms with Crippen LogP contribution < -0.4 is 10.5 Å². The highest BCUT2D eigenvalue weighted by Crippen LogP contribution is 2.33. The second-order valence-electron chi connectivity index (χ2n) is 4.59. The summed E-state index contributed by atoms with van der Waals surface area (Å²) in [5.41, 5.74) is 7.51. The lowest BCUT2D eigenvalue weighted by Gasteiger charge is -2.12. The van der Waals surface area contributed by atoms with Crippen LogP contribution in [0.5, 0.6) is 0 Å². The molecule has 1 aromatic carbocycles. The molecule has 3 N–H and O–H groups in total. The molecule has 0 bridgehead atoms. The van der Waals surface area contributed by atoms with Gasteiger partial charge < -0.3 is 5.73 Å². The number of hydrogen-bond donors (Lipinski definition) is 2. The number of nitrogens with zero attached hydrogens (tertiary/aromatic N) is 2. The summed E-state index contributed by atoms with van der Waals surface area (Å²) in [7, 11) is -2.22. The van der Waals surface area contributed by atoms with Gasteiger partial charge in [0.15, 0.2) is 0 Å². The first-order valence-electron chi connectivity index (χ1n) is 5.91. The van der Waals surface area contributed by atoms with Gasteiger partial charge in [0.25, 0.3) is 10.0 Å². The maximum atomic E-state index is 12.5. The van der Waals surface area contributed by atoms with E-state index in [1.165, 1.54) is 12.1 Å². The van der Waals surface area contributed by atoms with Gasteiger partial charge in [-0.15, -0.1) is 0 Å². The largest absolute Gasteiger partial charge is 0.399 e. The fraction of sp³-hybridized carbons (Fsp3) is 0.250. The number of rotatable bonds is 3. The predicted octanol–water partition coefficient (Wildman–Crippen LogP) is 2.73. The number of halogens is 2. The number of nitrogen functional groups attached to an aromatic ring is 1. The van der Waals surface area contributed by atoms with E-state index in [2.05, 4.69) is 9.82 Å². The van der Waals surface area contributed by atoms with Crippen molar-refractivity contribution in [2.45, 2.75) is 18.7 Å². The number of nitrogens with one attached hydrogen (secondary N) is 1. The summed E-state index contributed by atoms with van der Waals surface area (Å²) in [6.07, 6.45) is 0. The summed E-state index contributed by atoms with van der Waals surface area (Å²) in [6.45, 7) is 3.46. The van der Waals surface area contributed by atoms with Crippen molar-refractivity contribution in [2.24, 2.45) is 7.05 Å². The number of aryl methyl sites for hydroxylation is 2. The van der Waals surface area contributed by atoms with E-state index < -0.39 is 10.0 Å². The predicted molar refractivity (Wildman–Crippen MR) is 84.4 cm³/mol. The van der Waals surface area contributed by atoms with Crippen LogP contribution in [0.25, 0.3) is 0 Å². The van der Waals surface area contributed by atoms with Crippen molar-refractivity contribution < 1.29 is 8.42 Å². The molecular formula is C12H14Cl2N4O2S. The molecule has 9 heteroatoms. The molecule has 21 heavy (non-hydrogen) atoms. The number of hydrogen-bond acceptors (Lipinski definition) is 4. The Morgan fingerprint density at radius 1 is 1.24 bits per heavy atom. The molecule has 1 heterocycles. The minimum atomic E-state index is -3.95. The zero-order valence-corrected chi connectivity index (χ0v) is 13.9. The van der Waals surface area contributed by atoms with E-state index >= 15 is 0 Å². The van der Waals surface area contributed by atoms with E-state index in [0.717, 1.165) is 0 Å². The first-order valence-corrected chi connectivity index (χ1v) is 8.15. The zero-order valence-electron chi connectivity index (χ0n) is 11.6. The lowest BCUT2D eigenvalue weighted by Crippen LogP contribution is -2.15. The summed E-state index contributed by atoms with van der Waals surface area (Å²) in [6, 6.07) is 2.68. The van der Waals surface area contributed by atoms with Crippen LogP contribution in [0.3, 0.4) is 0 Å². The average molecular weight is 349 g/mol. The van der Waals surface area contributed by atoms with Gasteiger partial charge in [-0.3, -0.25) is 9.40 Å². The van der Waals surface area contributed by atoms with Crippen LogP contribution in [-0.2, 0) is 17.1 Å². The second-order valence-corrected chi connectivity index (χ2v) is 7.02. The fourth-order valence-corrected chi connectivity index (χ4v) is 4.35. The third kappa shape index (κ3) is 2.95. The Morgan fingerprint density at radius 3 is 2.19 bits per heavy atom. The molecule has 0 fully saturated rings. The lowest BCUT2D eigenvalue weighted by atomic mass is 10.3. The molecule has 0 saturated heterocycles. The van der Waals surface area contributed by atoms with Crippen LogP contribution in [0.2, 0.25) is 10.0 Å². The van der Waals surface area contributed by atoms with Gasteiger partial charge in [0.05, 0.1) is 27.1 Å². The standard InChI is InChI=1S/C12H14Cl2N4O2S/c1-6-11(7(2)18(3)16-6)17-21(19,20)12-9(13)4-8(15)5-10(12)14/h4-5,17H,15H2,1-3H3. The van der Waals surface area contributed by atoms with Gasteiger partial charge in [0.1, 0.15) is 4.90 Å². The molecule has 6 nitrogen and oxygen atoms in total. The summed E-state index contributed by atoms with van der Waals surface area (Å²) in [5, 5.41) is 4.08. The van der Waals surface area contributed by atoms with Gasteiger partial charge in [0.2, 0.25) is 0 Å².